The molecular formula is C15H29N3O3S. The molecule has 0 saturated carbocycles. The van der Waals surface area contributed by atoms with Crippen molar-refractivity contribution in [3.63, 3.8) is 0 Å². The average Bonchev–Trinajstić information content (AvgIpc) is 3.04. The van der Waals surface area contributed by atoms with Crippen molar-refractivity contribution in [3.8, 4) is 0 Å². The lowest BCUT2D eigenvalue weighted by molar-refractivity contribution is -0.127. The number of amides is 1. The summed E-state index contributed by atoms with van der Waals surface area (Å²) in [4.78, 5) is 15.9. The second-order valence-corrected chi connectivity index (χ2v) is 8.46. The van der Waals surface area contributed by atoms with Gasteiger partial charge in [-0.3, -0.25) is 9.69 Å². The summed E-state index contributed by atoms with van der Waals surface area (Å²) >= 11 is 0. The molecule has 0 aliphatic carbocycles. The summed E-state index contributed by atoms with van der Waals surface area (Å²) in [5.41, 5.74) is 0. The summed E-state index contributed by atoms with van der Waals surface area (Å²) < 4.78 is 26.5. The number of carbonyl (C=O) groups is 1. The van der Waals surface area contributed by atoms with E-state index in [2.05, 4.69) is 16.5 Å². The number of likely N-dealkylation sites (tertiary alicyclic amines) is 2. The molecule has 2 heterocycles. The van der Waals surface area contributed by atoms with Gasteiger partial charge in [0, 0.05) is 45.2 Å². The summed E-state index contributed by atoms with van der Waals surface area (Å²) in [6.45, 7) is 7.97. The van der Waals surface area contributed by atoms with Crippen LogP contribution in [0.15, 0.2) is 0 Å². The molecule has 2 aliphatic heterocycles. The number of rotatable bonds is 8. The monoisotopic (exact) mass is 331 g/mol. The van der Waals surface area contributed by atoms with Crippen LogP contribution in [0.3, 0.4) is 0 Å². The molecule has 128 valence electrons. The minimum absolute atomic E-state index is 0.0131. The Morgan fingerprint density at radius 3 is 2.59 bits per heavy atom. The summed E-state index contributed by atoms with van der Waals surface area (Å²) in [6, 6.07) is 0.0131. The van der Waals surface area contributed by atoms with Gasteiger partial charge in [-0.05, 0) is 25.7 Å². The molecule has 6 nitrogen and oxygen atoms in total. The van der Waals surface area contributed by atoms with Crippen LogP contribution in [-0.4, -0.2) is 68.6 Å². The molecule has 0 aromatic rings. The topological polar surface area (TPSA) is 69.7 Å². The average molecular weight is 331 g/mol. The van der Waals surface area contributed by atoms with Gasteiger partial charge in [0.15, 0.2) is 0 Å². The minimum atomic E-state index is -3.16. The Kier molecular flexibility index (Phi) is 6.23. The molecule has 2 fully saturated rings. The molecule has 0 spiro atoms. The van der Waals surface area contributed by atoms with E-state index in [0.29, 0.717) is 12.3 Å². The van der Waals surface area contributed by atoms with Gasteiger partial charge >= 0.3 is 0 Å². The second-order valence-electron chi connectivity index (χ2n) is 6.42. The normalized spacial score (nSPS) is 27.0. The van der Waals surface area contributed by atoms with Gasteiger partial charge in [0.2, 0.25) is 15.9 Å². The van der Waals surface area contributed by atoms with Crippen molar-refractivity contribution in [3.05, 3.63) is 0 Å². The first-order chi connectivity index (χ1) is 10.4. The summed E-state index contributed by atoms with van der Waals surface area (Å²) in [6.07, 6.45) is 3.75. The highest BCUT2D eigenvalue weighted by molar-refractivity contribution is 7.89. The van der Waals surface area contributed by atoms with Gasteiger partial charge < -0.3 is 4.90 Å². The van der Waals surface area contributed by atoms with E-state index in [1.165, 1.54) is 0 Å². The fraction of sp³-hybridized carbons (Fsp3) is 0.933. The minimum Gasteiger partial charge on any atom is -0.341 e. The van der Waals surface area contributed by atoms with Gasteiger partial charge in [0.1, 0.15) is 0 Å². The Bertz CT molecular complexity index is 480. The van der Waals surface area contributed by atoms with E-state index in [-0.39, 0.29) is 17.7 Å². The molecule has 2 saturated heterocycles. The van der Waals surface area contributed by atoms with Crippen LogP contribution >= 0.6 is 0 Å². The molecule has 0 bridgehead atoms. The highest BCUT2D eigenvalue weighted by Crippen LogP contribution is 2.22. The predicted octanol–water partition coefficient (Wildman–Crippen LogP) is 0.649. The Hall–Kier alpha value is -0.660. The highest BCUT2D eigenvalue weighted by Gasteiger charge is 2.34. The van der Waals surface area contributed by atoms with Crippen molar-refractivity contribution >= 4 is 15.9 Å². The lowest BCUT2D eigenvalue weighted by Crippen LogP contribution is -2.41. The Morgan fingerprint density at radius 1 is 1.23 bits per heavy atom. The number of nitrogens with one attached hydrogen (secondary N) is 1. The molecule has 7 heteroatoms. The van der Waals surface area contributed by atoms with E-state index in [1.807, 2.05) is 4.90 Å². The standard InChI is InChI=1S/C15H29N3O3S/c1-3-6-13-11-17(9-10-18-8-5-7-15(18)19)12-14(13)16-22(20,21)4-2/h13-14,16H,3-12H2,1-2H3/t13-,14-/m0/s1. The summed E-state index contributed by atoms with van der Waals surface area (Å²) in [7, 11) is -3.16. The fourth-order valence-corrected chi connectivity index (χ4v) is 4.35. The van der Waals surface area contributed by atoms with Crippen LogP contribution in [0.1, 0.15) is 39.5 Å². The molecule has 2 atom stereocenters. The van der Waals surface area contributed by atoms with Crippen molar-refractivity contribution in [1.82, 2.24) is 14.5 Å². The smallest absolute Gasteiger partial charge is 0.222 e. The van der Waals surface area contributed by atoms with E-state index >= 15 is 0 Å². The van der Waals surface area contributed by atoms with E-state index in [4.69, 9.17) is 0 Å². The third kappa shape index (κ3) is 4.67. The summed E-state index contributed by atoms with van der Waals surface area (Å²) in [5.74, 6) is 0.762. The molecular weight excluding hydrogens is 302 g/mol. The first kappa shape index (κ1) is 17.7. The van der Waals surface area contributed by atoms with Crippen LogP contribution in [0.5, 0.6) is 0 Å². The predicted molar refractivity (Wildman–Crippen MR) is 87.0 cm³/mol. The van der Waals surface area contributed by atoms with Crippen LogP contribution in [0.4, 0.5) is 0 Å². The zero-order chi connectivity index (χ0) is 16.2. The Labute approximate surface area is 134 Å². The van der Waals surface area contributed by atoms with Gasteiger partial charge in [-0.15, -0.1) is 0 Å². The second kappa shape index (κ2) is 7.75. The zero-order valence-corrected chi connectivity index (χ0v) is 14.6. The Balaban J connectivity index is 1.87. The molecule has 0 aromatic carbocycles. The third-order valence-electron chi connectivity index (χ3n) is 4.74. The third-order valence-corrected chi connectivity index (χ3v) is 6.17. The molecule has 0 unspecified atom stereocenters. The van der Waals surface area contributed by atoms with Crippen molar-refractivity contribution in [1.29, 1.82) is 0 Å². The molecule has 1 amide bonds. The molecule has 1 N–H and O–H groups in total. The van der Waals surface area contributed by atoms with Crippen molar-refractivity contribution in [2.24, 2.45) is 5.92 Å². The number of hydrogen-bond acceptors (Lipinski definition) is 4. The van der Waals surface area contributed by atoms with E-state index in [9.17, 15) is 13.2 Å². The lowest BCUT2D eigenvalue weighted by Gasteiger charge is -2.21. The van der Waals surface area contributed by atoms with Crippen molar-refractivity contribution in [2.45, 2.75) is 45.6 Å². The highest BCUT2D eigenvalue weighted by atomic mass is 32.2. The zero-order valence-electron chi connectivity index (χ0n) is 13.8. The van der Waals surface area contributed by atoms with Gasteiger partial charge in [-0.1, -0.05) is 13.3 Å². The quantitative estimate of drug-likeness (QED) is 0.709. The van der Waals surface area contributed by atoms with Crippen LogP contribution in [-0.2, 0) is 14.8 Å². The van der Waals surface area contributed by atoms with Gasteiger partial charge in [-0.25, -0.2) is 13.1 Å². The van der Waals surface area contributed by atoms with Gasteiger partial charge in [-0.2, -0.15) is 0 Å². The van der Waals surface area contributed by atoms with Crippen LogP contribution in [0.2, 0.25) is 0 Å². The van der Waals surface area contributed by atoms with Crippen molar-refractivity contribution in [2.75, 3.05) is 38.5 Å². The number of sulfonamides is 1. The number of hydrogen-bond donors (Lipinski definition) is 1. The maximum absolute atomic E-state index is 11.8. The lowest BCUT2D eigenvalue weighted by atomic mass is 9.99. The van der Waals surface area contributed by atoms with Crippen LogP contribution in [0.25, 0.3) is 0 Å². The largest absolute Gasteiger partial charge is 0.341 e. The summed E-state index contributed by atoms with van der Waals surface area (Å²) in [5, 5.41) is 0. The van der Waals surface area contributed by atoms with Crippen LogP contribution in [0, 0.1) is 5.92 Å². The SMILES string of the molecule is CCC[C@H]1CN(CCN2CCCC2=O)C[C@@H]1NS(=O)(=O)CC. The van der Waals surface area contributed by atoms with Gasteiger partial charge in [0.05, 0.1) is 5.75 Å². The van der Waals surface area contributed by atoms with Crippen molar-refractivity contribution < 1.29 is 13.2 Å². The number of nitrogens with zero attached hydrogens (tertiary/aromatic N) is 2. The van der Waals surface area contributed by atoms with E-state index < -0.39 is 10.0 Å². The molecule has 2 rings (SSSR count). The Morgan fingerprint density at radius 2 is 2.00 bits per heavy atom. The fourth-order valence-electron chi connectivity index (χ4n) is 3.46. The van der Waals surface area contributed by atoms with E-state index in [1.54, 1.807) is 6.92 Å². The number of carbonyl (C=O) groups excluding carboxylic acids is 1. The first-order valence-electron chi connectivity index (χ1n) is 8.45. The molecule has 2 aliphatic rings. The van der Waals surface area contributed by atoms with E-state index in [0.717, 1.165) is 52.0 Å². The molecule has 22 heavy (non-hydrogen) atoms. The van der Waals surface area contributed by atoms with Crippen LogP contribution < -0.4 is 4.72 Å². The maximum Gasteiger partial charge on any atom is 0.222 e. The van der Waals surface area contributed by atoms with Gasteiger partial charge in [0.25, 0.3) is 0 Å². The molecule has 0 radical (unpaired) electrons. The first-order valence-corrected chi connectivity index (χ1v) is 10.1. The molecule has 0 aromatic heterocycles. The maximum atomic E-state index is 11.8.